The maximum Gasteiger partial charge on any atom is 2.00 e. The second-order valence-corrected chi connectivity index (χ2v) is 6.21. The predicted octanol–water partition coefficient (Wildman–Crippen LogP) is 6.84. The fourth-order valence-corrected chi connectivity index (χ4v) is 2.57. The van der Waals surface area contributed by atoms with E-state index >= 15 is 0 Å². The molecule has 0 aromatic heterocycles. The smallest absolute Gasteiger partial charge is 0.715 e. The van der Waals surface area contributed by atoms with Gasteiger partial charge in [0, 0.05) is 32.7 Å². The largest absolute Gasteiger partial charge is 2.00 e. The van der Waals surface area contributed by atoms with Crippen LogP contribution < -0.4 is 4.74 Å². The molecule has 0 aliphatic rings. The quantitative estimate of drug-likeness (QED) is 0.277. The van der Waals surface area contributed by atoms with Gasteiger partial charge in [-0.05, 0) is 17.9 Å². The van der Waals surface area contributed by atoms with Gasteiger partial charge in [0.25, 0.3) is 0 Å². The van der Waals surface area contributed by atoms with Crippen LogP contribution in [0.2, 0.25) is 0 Å². The first-order valence-electron chi connectivity index (χ1n) is 8.30. The summed E-state index contributed by atoms with van der Waals surface area (Å²) in [5.41, 5.74) is 1.59. The summed E-state index contributed by atoms with van der Waals surface area (Å²) in [5.74, 6) is 0.0691. The molecule has 2 unspecified atom stereocenters. The van der Waals surface area contributed by atoms with E-state index in [2.05, 4.69) is 32.9 Å². The van der Waals surface area contributed by atoms with Crippen molar-refractivity contribution in [1.29, 1.82) is 0 Å². The van der Waals surface area contributed by atoms with E-state index in [-0.39, 0.29) is 76.5 Å². The van der Waals surface area contributed by atoms with E-state index < -0.39 is 11.6 Å². The van der Waals surface area contributed by atoms with Crippen molar-refractivity contribution in [2.75, 3.05) is 0 Å². The first-order valence-corrected chi connectivity index (χ1v) is 8.30. The van der Waals surface area contributed by atoms with Crippen LogP contribution in [0, 0.1) is 49.5 Å². The van der Waals surface area contributed by atoms with Crippen LogP contribution in [0.25, 0.3) is 11.1 Å². The fourth-order valence-electron chi connectivity index (χ4n) is 2.57. The van der Waals surface area contributed by atoms with Gasteiger partial charge < -0.3 is 18.6 Å². The van der Waals surface area contributed by atoms with E-state index in [1.807, 2.05) is 13.8 Å². The minimum Gasteiger partial charge on any atom is -0.715 e. The zero-order valence-corrected chi connectivity index (χ0v) is 26.1. The zero-order valence-electron chi connectivity index (χ0n) is 17.3. The minimum absolute atomic E-state index is 0. The first kappa shape index (κ1) is 33.5. The molecule has 0 heterocycles. The Morgan fingerprint density at radius 2 is 1.72 bits per heavy atom. The summed E-state index contributed by atoms with van der Waals surface area (Å²) in [6, 6.07) is 8.79. The Hall–Kier alpha value is -0.0951. The molecule has 0 spiro atoms. The summed E-state index contributed by atoms with van der Waals surface area (Å²) in [4.78, 5) is 0. The van der Waals surface area contributed by atoms with Crippen molar-refractivity contribution in [2.45, 2.75) is 27.7 Å². The number of ether oxygens (including phenoxy) is 1. The Morgan fingerprint density at radius 3 is 2.24 bits per heavy atom. The molecule has 0 saturated carbocycles. The molecule has 1 nitrogen and oxygen atoms in total. The number of hydrogen-bond donors (Lipinski definition) is 0. The summed E-state index contributed by atoms with van der Waals surface area (Å²) in [7, 11) is 0. The SMILES string of the molecule is C=[C-]c1cc(-c2ccc(F)cc2F)ccc1O[C-](C)C(C)C(C)[CH-]C.[CH3-].[W+2].[W+2].[W]. The summed E-state index contributed by atoms with van der Waals surface area (Å²) in [6.45, 7) is 11.9. The van der Waals surface area contributed by atoms with Crippen LogP contribution in [-0.2, 0) is 63.2 Å². The van der Waals surface area contributed by atoms with E-state index in [1.165, 1.54) is 12.1 Å². The fraction of sp³-hybridized carbons (Fsp3) is 0.261. The molecular formula is C23H26F2OW3. The molecule has 6 heteroatoms. The van der Waals surface area contributed by atoms with Crippen molar-refractivity contribution in [1.82, 2.24) is 0 Å². The molecule has 2 aromatic rings. The molecule has 2 rings (SSSR count). The van der Waals surface area contributed by atoms with Gasteiger partial charge in [0.15, 0.2) is 0 Å². The molecule has 0 N–H and O–H groups in total. The van der Waals surface area contributed by atoms with Crippen LogP contribution in [0.1, 0.15) is 33.3 Å². The third-order valence-corrected chi connectivity index (χ3v) is 4.64. The Kier molecular flexibility index (Phi) is 18.1. The Labute approximate surface area is 217 Å². The molecule has 0 aliphatic carbocycles. The molecular weight excluding hydrogens is 882 g/mol. The van der Waals surface area contributed by atoms with Crippen LogP contribution >= 0.6 is 0 Å². The van der Waals surface area contributed by atoms with E-state index in [0.29, 0.717) is 28.4 Å². The molecule has 156 valence electrons. The van der Waals surface area contributed by atoms with Crippen LogP contribution in [-0.4, -0.2) is 0 Å². The summed E-state index contributed by atoms with van der Waals surface area (Å²) >= 11 is 0. The molecule has 0 aliphatic heterocycles. The third-order valence-electron chi connectivity index (χ3n) is 4.64. The molecule has 2 aromatic carbocycles. The van der Waals surface area contributed by atoms with Gasteiger partial charge in [0.1, 0.15) is 11.6 Å². The maximum atomic E-state index is 14.0. The van der Waals surface area contributed by atoms with Gasteiger partial charge >= 0.3 is 42.1 Å². The predicted molar refractivity (Wildman–Crippen MR) is 104 cm³/mol. The summed E-state index contributed by atoms with van der Waals surface area (Å²) in [6.07, 6.45) is 5.86. The standard InChI is InChI=1S/C22H23F2O.CH3.3W/c1-6-14(3)15(4)16(5)25-22-11-8-18(12-17(22)7-2)20-10-9-19(23)13-21(20)24;;;;/h6,8-15H,2H2,1,3-5H3;1H3;;;/q-3;-1;;2*+2. The van der Waals surface area contributed by atoms with Crippen molar-refractivity contribution >= 4 is 0 Å². The molecule has 2 atom stereocenters. The van der Waals surface area contributed by atoms with Gasteiger partial charge in [-0.15, -0.1) is 0 Å². The number of halogens is 2. The van der Waals surface area contributed by atoms with Gasteiger partial charge in [-0.25, -0.2) is 8.78 Å². The molecule has 0 saturated heterocycles. The molecule has 0 amide bonds. The van der Waals surface area contributed by atoms with Crippen LogP contribution in [0.15, 0.2) is 43.0 Å². The molecule has 0 fully saturated rings. The van der Waals surface area contributed by atoms with Gasteiger partial charge in [0.05, 0.1) is 0 Å². The van der Waals surface area contributed by atoms with Crippen LogP contribution in [0.3, 0.4) is 0 Å². The molecule has 0 bridgehead atoms. The number of hydrogen-bond acceptors (Lipinski definition) is 1. The van der Waals surface area contributed by atoms with Gasteiger partial charge in [0.2, 0.25) is 0 Å². The van der Waals surface area contributed by atoms with E-state index in [4.69, 9.17) is 4.74 Å². The van der Waals surface area contributed by atoms with Crippen molar-refractivity contribution in [3.63, 3.8) is 0 Å². The van der Waals surface area contributed by atoms with Gasteiger partial charge in [-0.3, -0.25) is 0 Å². The maximum absolute atomic E-state index is 14.0. The Bertz CT molecular complexity index is 753. The first-order chi connectivity index (χ1) is 11.9. The number of benzene rings is 2. The van der Waals surface area contributed by atoms with Gasteiger partial charge in [-0.2, -0.15) is 56.1 Å². The number of rotatable bonds is 7. The average Bonchev–Trinajstić information content (AvgIpc) is 2.60. The Balaban J connectivity index is -0.00000169. The van der Waals surface area contributed by atoms with Crippen molar-refractivity contribution in [2.24, 2.45) is 11.8 Å². The zero-order chi connectivity index (χ0) is 18.6. The monoisotopic (exact) mass is 908 g/mol. The molecule has 0 radical (unpaired) electrons. The molecule has 29 heavy (non-hydrogen) atoms. The second-order valence-electron chi connectivity index (χ2n) is 6.21. The van der Waals surface area contributed by atoms with Crippen molar-refractivity contribution < 1.29 is 76.7 Å². The second kappa shape index (κ2) is 15.7. The summed E-state index contributed by atoms with van der Waals surface area (Å²) in [5, 5.41) is 0. The van der Waals surface area contributed by atoms with E-state index in [0.717, 1.165) is 12.2 Å². The van der Waals surface area contributed by atoms with Crippen molar-refractivity contribution in [3.8, 4) is 16.9 Å². The van der Waals surface area contributed by atoms with Crippen LogP contribution in [0.5, 0.6) is 5.75 Å². The third kappa shape index (κ3) is 8.89. The van der Waals surface area contributed by atoms with Crippen LogP contribution in [0.4, 0.5) is 8.78 Å². The van der Waals surface area contributed by atoms with Crippen molar-refractivity contribution in [3.05, 3.63) is 86.2 Å². The normalized spacial score (nSPS) is 11.7. The van der Waals surface area contributed by atoms with E-state index in [9.17, 15) is 8.78 Å². The average molecular weight is 908 g/mol. The topological polar surface area (TPSA) is 9.23 Å². The van der Waals surface area contributed by atoms with Gasteiger partial charge in [-0.1, -0.05) is 31.5 Å². The summed E-state index contributed by atoms with van der Waals surface area (Å²) < 4.78 is 33.1. The van der Waals surface area contributed by atoms with E-state index in [1.54, 1.807) is 18.2 Å². The Morgan fingerprint density at radius 1 is 1.10 bits per heavy atom. The minimum atomic E-state index is -0.604.